The largest absolute Gasteiger partial charge is 0.338 e. The summed E-state index contributed by atoms with van der Waals surface area (Å²) < 4.78 is 3.64. The zero-order chi connectivity index (χ0) is 14.7. The van der Waals surface area contributed by atoms with E-state index in [1.165, 1.54) is 6.42 Å². The fourth-order valence-electron chi connectivity index (χ4n) is 3.00. The summed E-state index contributed by atoms with van der Waals surface area (Å²) in [6.45, 7) is 2.76. The van der Waals surface area contributed by atoms with Crippen LogP contribution in [0.15, 0.2) is 35.5 Å². The van der Waals surface area contributed by atoms with Crippen LogP contribution in [0.4, 0.5) is 0 Å². The SMILES string of the molecule is Cn1ccnc1CCN1CCCC1Cn1ncccc1=O. The van der Waals surface area contributed by atoms with Gasteiger partial charge in [0.1, 0.15) is 5.82 Å². The Hall–Kier alpha value is -1.95. The third-order valence-electron chi connectivity index (χ3n) is 4.21. The number of aryl methyl sites for hydroxylation is 1. The molecule has 3 rings (SSSR count). The Bertz CT molecular complexity index is 647. The van der Waals surface area contributed by atoms with Crippen LogP contribution in [0.3, 0.4) is 0 Å². The van der Waals surface area contributed by atoms with E-state index < -0.39 is 0 Å². The molecule has 0 amide bonds. The summed E-state index contributed by atoms with van der Waals surface area (Å²) in [4.78, 5) is 18.6. The molecule has 3 heterocycles. The van der Waals surface area contributed by atoms with Crippen molar-refractivity contribution < 1.29 is 0 Å². The summed E-state index contributed by atoms with van der Waals surface area (Å²) >= 11 is 0. The van der Waals surface area contributed by atoms with Crippen LogP contribution in [0, 0.1) is 0 Å². The van der Waals surface area contributed by atoms with Gasteiger partial charge in [-0.05, 0) is 25.5 Å². The van der Waals surface area contributed by atoms with E-state index in [0.29, 0.717) is 12.6 Å². The van der Waals surface area contributed by atoms with Crippen molar-refractivity contribution >= 4 is 0 Å². The molecule has 0 N–H and O–H groups in total. The molecule has 1 aliphatic heterocycles. The Morgan fingerprint density at radius 1 is 1.38 bits per heavy atom. The van der Waals surface area contributed by atoms with Gasteiger partial charge in [0, 0.05) is 50.7 Å². The molecule has 0 spiro atoms. The predicted molar refractivity (Wildman–Crippen MR) is 80.0 cm³/mol. The number of aromatic nitrogens is 4. The smallest absolute Gasteiger partial charge is 0.266 e. The lowest BCUT2D eigenvalue weighted by Gasteiger charge is -2.24. The zero-order valence-corrected chi connectivity index (χ0v) is 12.4. The first-order valence-electron chi connectivity index (χ1n) is 7.46. The maximum atomic E-state index is 11.8. The van der Waals surface area contributed by atoms with Crippen molar-refractivity contribution in [1.29, 1.82) is 0 Å². The molecule has 1 unspecified atom stereocenters. The minimum absolute atomic E-state index is 0.0200. The minimum Gasteiger partial charge on any atom is -0.338 e. The third-order valence-corrected chi connectivity index (χ3v) is 4.21. The number of imidazole rings is 1. The second-order valence-corrected chi connectivity index (χ2v) is 5.58. The summed E-state index contributed by atoms with van der Waals surface area (Å²) in [6.07, 6.45) is 8.75. The first kappa shape index (κ1) is 14.0. The molecule has 1 aliphatic rings. The van der Waals surface area contributed by atoms with E-state index in [-0.39, 0.29) is 5.56 Å². The molecule has 0 saturated carbocycles. The number of nitrogens with zero attached hydrogens (tertiary/aromatic N) is 5. The Labute approximate surface area is 124 Å². The summed E-state index contributed by atoms with van der Waals surface area (Å²) in [5.74, 6) is 1.11. The van der Waals surface area contributed by atoms with E-state index in [1.807, 2.05) is 19.4 Å². The quantitative estimate of drug-likeness (QED) is 0.811. The Morgan fingerprint density at radius 3 is 3.05 bits per heavy atom. The Kier molecular flexibility index (Phi) is 4.15. The topological polar surface area (TPSA) is 56.0 Å². The van der Waals surface area contributed by atoms with Crippen molar-refractivity contribution in [3.63, 3.8) is 0 Å². The molecule has 2 aromatic rings. The van der Waals surface area contributed by atoms with Gasteiger partial charge in [0.25, 0.3) is 5.56 Å². The second-order valence-electron chi connectivity index (χ2n) is 5.58. The van der Waals surface area contributed by atoms with Crippen LogP contribution >= 0.6 is 0 Å². The summed E-state index contributed by atoms with van der Waals surface area (Å²) in [6, 6.07) is 3.66. The lowest BCUT2D eigenvalue weighted by molar-refractivity contribution is 0.225. The summed E-state index contributed by atoms with van der Waals surface area (Å²) in [7, 11) is 2.03. The van der Waals surface area contributed by atoms with Gasteiger partial charge in [-0.3, -0.25) is 9.69 Å². The average Bonchev–Trinajstić information content (AvgIpc) is 3.08. The summed E-state index contributed by atoms with van der Waals surface area (Å²) in [5, 5.41) is 4.16. The highest BCUT2D eigenvalue weighted by Crippen LogP contribution is 2.18. The van der Waals surface area contributed by atoms with Gasteiger partial charge in [0.2, 0.25) is 0 Å². The van der Waals surface area contributed by atoms with Gasteiger partial charge in [-0.1, -0.05) is 0 Å². The minimum atomic E-state index is -0.0200. The van der Waals surface area contributed by atoms with Gasteiger partial charge in [-0.25, -0.2) is 9.67 Å². The number of likely N-dealkylation sites (tertiary alicyclic amines) is 1. The van der Waals surface area contributed by atoms with Crippen molar-refractivity contribution in [3.8, 4) is 0 Å². The molecule has 21 heavy (non-hydrogen) atoms. The maximum Gasteiger partial charge on any atom is 0.266 e. The second kappa shape index (κ2) is 6.22. The van der Waals surface area contributed by atoms with Crippen molar-refractivity contribution in [2.45, 2.75) is 31.8 Å². The van der Waals surface area contributed by atoms with Crippen LogP contribution in [-0.2, 0) is 20.0 Å². The Balaban J connectivity index is 1.62. The molecule has 112 valence electrons. The number of hydrogen-bond donors (Lipinski definition) is 0. The van der Waals surface area contributed by atoms with Crippen LogP contribution in [0.1, 0.15) is 18.7 Å². The van der Waals surface area contributed by atoms with Crippen LogP contribution in [0.25, 0.3) is 0 Å². The molecule has 1 fully saturated rings. The fourth-order valence-corrected chi connectivity index (χ4v) is 3.00. The van der Waals surface area contributed by atoms with Crippen LogP contribution in [-0.4, -0.2) is 43.4 Å². The van der Waals surface area contributed by atoms with Crippen molar-refractivity contribution in [2.24, 2.45) is 7.05 Å². The van der Waals surface area contributed by atoms with Gasteiger partial charge in [-0.2, -0.15) is 5.10 Å². The molecular formula is C15H21N5O. The van der Waals surface area contributed by atoms with Gasteiger partial charge in [0.05, 0.1) is 6.54 Å². The molecule has 0 aliphatic carbocycles. The van der Waals surface area contributed by atoms with Gasteiger partial charge >= 0.3 is 0 Å². The van der Waals surface area contributed by atoms with Crippen molar-refractivity contribution in [2.75, 3.05) is 13.1 Å². The van der Waals surface area contributed by atoms with E-state index >= 15 is 0 Å². The fraction of sp³-hybridized carbons (Fsp3) is 0.533. The van der Waals surface area contributed by atoms with Crippen molar-refractivity contribution in [3.05, 3.63) is 46.9 Å². The lowest BCUT2D eigenvalue weighted by atomic mass is 10.2. The molecule has 0 bridgehead atoms. The number of rotatable bonds is 5. The maximum absolute atomic E-state index is 11.8. The first-order chi connectivity index (χ1) is 10.2. The van der Waals surface area contributed by atoms with E-state index in [4.69, 9.17) is 0 Å². The highest BCUT2D eigenvalue weighted by atomic mass is 16.1. The highest BCUT2D eigenvalue weighted by Gasteiger charge is 2.25. The third kappa shape index (κ3) is 3.21. The molecular weight excluding hydrogens is 266 g/mol. The number of hydrogen-bond acceptors (Lipinski definition) is 4. The molecule has 0 aromatic carbocycles. The van der Waals surface area contributed by atoms with Crippen molar-refractivity contribution in [1.82, 2.24) is 24.2 Å². The van der Waals surface area contributed by atoms with E-state index in [1.54, 1.807) is 23.0 Å². The van der Waals surface area contributed by atoms with Crippen LogP contribution < -0.4 is 5.56 Å². The normalized spacial score (nSPS) is 19.2. The van der Waals surface area contributed by atoms with Gasteiger partial charge in [-0.15, -0.1) is 0 Å². The van der Waals surface area contributed by atoms with Gasteiger partial charge < -0.3 is 4.57 Å². The molecule has 6 nitrogen and oxygen atoms in total. The van der Waals surface area contributed by atoms with Gasteiger partial charge in [0.15, 0.2) is 0 Å². The highest BCUT2D eigenvalue weighted by molar-refractivity contribution is 4.93. The average molecular weight is 287 g/mol. The zero-order valence-electron chi connectivity index (χ0n) is 12.4. The monoisotopic (exact) mass is 287 g/mol. The summed E-state index contributed by atoms with van der Waals surface area (Å²) in [5.41, 5.74) is -0.0200. The molecule has 0 radical (unpaired) electrons. The standard InChI is InChI=1S/C15H21N5O/c1-18-11-8-16-14(18)6-10-19-9-3-4-13(19)12-20-15(21)5-2-7-17-20/h2,5,7-8,11,13H,3-4,6,9-10,12H2,1H3. The van der Waals surface area contributed by atoms with E-state index in [0.717, 1.165) is 31.8 Å². The molecule has 1 atom stereocenters. The van der Waals surface area contributed by atoms with Crippen LogP contribution in [0.5, 0.6) is 0 Å². The molecule has 6 heteroatoms. The first-order valence-corrected chi connectivity index (χ1v) is 7.46. The van der Waals surface area contributed by atoms with E-state index in [9.17, 15) is 4.79 Å². The molecule has 1 saturated heterocycles. The Morgan fingerprint density at radius 2 is 2.29 bits per heavy atom. The van der Waals surface area contributed by atoms with E-state index in [2.05, 4.69) is 19.5 Å². The predicted octanol–water partition coefficient (Wildman–Crippen LogP) is 0.684. The van der Waals surface area contributed by atoms with Crippen LogP contribution in [0.2, 0.25) is 0 Å². The lowest BCUT2D eigenvalue weighted by Crippen LogP contribution is -2.38. The molecule has 2 aromatic heterocycles.